The zero-order valence-electron chi connectivity index (χ0n) is 16.6. The summed E-state index contributed by atoms with van der Waals surface area (Å²) in [5, 5.41) is 6.07. The number of nitrogens with zero attached hydrogens (tertiary/aromatic N) is 1. The summed E-state index contributed by atoms with van der Waals surface area (Å²) in [7, 11) is 1.48. The fraction of sp³-hybridized carbons (Fsp3) is 0.500. The van der Waals surface area contributed by atoms with Crippen molar-refractivity contribution in [3.8, 4) is 0 Å². The number of carbonyl (C=O) groups is 4. The molecule has 3 aliphatic heterocycles. The second kappa shape index (κ2) is 6.64. The van der Waals surface area contributed by atoms with Gasteiger partial charge in [0, 0.05) is 30.8 Å². The molecule has 29 heavy (non-hydrogen) atoms. The first-order valence-corrected chi connectivity index (χ1v) is 9.55. The van der Waals surface area contributed by atoms with Gasteiger partial charge < -0.3 is 15.8 Å². The van der Waals surface area contributed by atoms with Crippen LogP contribution in [-0.2, 0) is 29.5 Å². The van der Waals surface area contributed by atoms with E-state index in [-0.39, 0.29) is 19.6 Å². The number of ether oxygens (including phenoxy) is 1. The molecule has 2 fully saturated rings. The van der Waals surface area contributed by atoms with Crippen molar-refractivity contribution in [2.45, 2.75) is 31.8 Å². The number of hydrogen-bond donors (Lipinski definition) is 3. The molecular formula is C20H24N4O5. The molecule has 0 bridgehead atoms. The van der Waals surface area contributed by atoms with E-state index in [0.29, 0.717) is 11.3 Å². The maximum absolute atomic E-state index is 13.3. The second-order valence-electron chi connectivity index (χ2n) is 8.01. The lowest BCUT2D eigenvalue weighted by molar-refractivity contribution is -0.143. The van der Waals surface area contributed by atoms with E-state index >= 15 is 0 Å². The van der Waals surface area contributed by atoms with Crippen LogP contribution in [0.1, 0.15) is 23.1 Å². The van der Waals surface area contributed by atoms with Crippen molar-refractivity contribution in [2.24, 2.45) is 17.6 Å². The van der Waals surface area contributed by atoms with Crippen molar-refractivity contribution in [1.29, 1.82) is 0 Å². The topological polar surface area (TPSA) is 131 Å². The minimum absolute atomic E-state index is 0.0991. The molecule has 3 aliphatic rings. The van der Waals surface area contributed by atoms with Gasteiger partial charge in [0.1, 0.15) is 5.54 Å². The molecule has 1 aromatic rings. The molecular weight excluding hydrogens is 376 g/mol. The van der Waals surface area contributed by atoms with Crippen LogP contribution in [0.3, 0.4) is 0 Å². The van der Waals surface area contributed by atoms with Gasteiger partial charge in [-0.1, -0.05) is 17.7 Å². The van der Waals surface area contributed by atoms with Gasteiger partial charge >= 0.3 is 0 Å². The number of likely N-dealkylation sites (tertiary alicyclic amines) is 1. The Morgan fingerprint density at radius 1 is 1.24 bits per heavy atom. The van der Waals surface area contributed by atoms with Gasteiger partial charge in [0.05, 0.1) is 25.0 Å². The molecule has 4 amide bonds. The second-order valence-corrected chi connectivity index (χ2v) is 8.01. The minimum Gasteiger partial charge on any atom is -0.383 e. The van der Waals surface area contributed by atoms with Crippen LogP contribution in [0, 0.1) is 25.7 Å². The third-order valence-corrected chi connectivity index (χ3v) is 6.20. The van der Waals surface area contributed by atoms with E-state index in [2.05, 4.69) is 10.6 Å². The maximum atomic E-state index is 13.3. The number of primary amides is 1. The van der Waals surface area contributed by atoms with Crippen LogP contribution in [0.15, 0.2) is 12.1 Å². The SMILES string of the molecule is COCCN1C(=O)[C@H]2[C@@H](C1=O)[C@@]1(N[C@@H]2CC(N)=O)C(=O)Nc2c(C)cc(C)cc21. The number of fused-ring (bicyclic) bond motifs is 4. The Bertz CT molecular complexity index is 945. The highest BCUT2D eigenvalue weighted by Gasteiger charge is 2.70. The van der Waals surface area contributed by atoms with E-state index < -0.39 is 47.0 Å². The van der Waals surface area contributed by atoms with Gasteiger partial charge in [-0.25, -0.2) is 0 Å². The summed E-state index contributed by atoms with van der Waals surface area (Å²) in [5.74, 6) is -3.62. The molecule has 0 aliphatic carbocycles. The average Bonchev–Trinajstić information content (AvgIpc) is 3.20. The van der Waals surface area contributed by atoms with Crippen LogP contribution in [0.4, 0.5) is 5.69 Å². The maximum Gasteiger partial charge on any atom is 0.250 e. The van der Waals surface area contributed by atoms with Crippen LogP contribution in [0.2, 0.25) is 0 Å². The molecule has 4 rings (SSSR count). The van der Waals surface area contributed by atoms with Crippen molar-refractivity contribution in [1.82, 2.24) is 10.2 Å². The third kappa shape index (κ3) is 2.61. The summed E-state index contributed by atoms with van der Waals surface area (Å²) >= 11 is 0. The Kier molecular flexibility index (Phi) is 4.47. The van der Waals surface area contributed by atoms with Crippen LogP contribution < -0.4 is 16.4 Å². The van der Waals surface area contributed by atoms with Gasteiger partial charge in [-0.05, 0) is 19.4 Å². The van der Waals surface area contributed by atoms with E-state index in [4.69, 9.17) is 10.5 Å². The monoisotopic (exact) mass is 400 g/mol. The number of imide groups is 1. The molecule has 1 aromatic carbocycles. The number of amides is 4. The average molecular weight is 400 g/mol. The van der Waals surface area contributed by atoms with Crippen LogP contribution in [0.5, 0.6) is 0 Å². The first kappa shape index (κ1) is 19.5. The Morgan fingerprint density at radius 2 is 1.97 bits per heavy atom. The first-order valence-electron chi connectivity index (χ1n) is 9.55. The summed E-state index contributed by atoms with van der Waals surface area (Å²) in [4.78, 5) is 52.5. The van der Waals surface area contributed by atoms with Gasteiger partial charge in [0.2, 0.25) is 23.6 Å². The highest BCUT2D eigenvalue weighted by Crippen LogP contribution is 2.54. The number of methoxy groups -OCH3 is 1. The normalized spacial score (nSPS) is 30.1. The molecule has 1 spiro atoms. The van der Waals surface area contributed by atoms with Crippen molar-refractivity contribution >= 4 is 29.3 Å². The highest BCUT2D eigenvalue weighted by atomic mass is 16.5. The summed E-state index contributed by atoms with van der Waals surface area (Å²) in [6.45, 7) is 4.08. The lowest BCUT2D eigenvalue weighted by atomic mass is 9.76. The van der Waals surface area contributed by atoms with E-state index in [9.17, 15) is 19.2 Å². The van der Waals surface area contributed by atoms with E-state index in [1.807, 2.05) is 26.0 Å². The quantitative estimate of drug-likeness (QED) is 0.574. The van der Waals surface area contributed by atoms with Crippen molar-refractivity contribution in [3.05, 3.63) is 28.8 Å². The van der Waals surface area contributed by atoms with Gasteiger partial charge in [0.15, 0.2) is 0 Å². The van der Waals surface area contributed by atoms with Gasteiger partial charge in [-0.2, -0.15) is 0 Å². The fourth-order valence-corrected chi connectivity index (χ4v) is 5.11. The number of carbonyl (C=O) groups excluding carboxylic acids is 4. The lowest BCUT2D eigenvalue weighted by Gasteiger charge is -2.29. The Labute approximate surface area is 167 Å². The standard InChI is InChI=1S/C20H24N4O5/c1-9-6-10(2)16-11(7-9)20(19(28)22-16)15-14(12(23-20)8-13(21)25)17(26)24(18(15)27)4-5-29-3/h6-7,12,14-15,23H,4-5,8H2,1-3H3,(H2,21,25)(H,22,28)/t12-,14-,15+,20-/m1/s1. The number of nitrogens with two attached hydrogens (primary N) is 1. The molecule has 4 atom stereocenters. The van der Waals surface area contributed by atoms with E-state index in [0.717, 1.165) is 16.0 Å². The zero-order chi connectivity index (χ0) is 21.1. The number of hydrogen-bond acceptors (Lipinski definition) is 6. The number of benzene rings is 1. The molecule has 3 heterocycles. The first-order chi connectivity index (χ1) is 13.7. The number of aryl methyl sites for hydroxylation is 2. The molecule has 0 aromatic heterocycles. The van der Waals surface area contributed by atoms with Crippen LogP contribution >= 0.6 is 0 Å². The molecule has 9 heteroatoms. The molecule has 4 N–H and O–H groups in total. The summed E-state index contributed by atoms with van der Waals surface area (Å²) in [6, 6.07) is 3.09. The molecule has 9 nitrogen and oxygen atoms in total. The van der Waals surface area contributed by atoms with Gasteiger partial charge in [-0.15, -0.1) is 0 Å². The summed E-state index contributed by atoms with van der Waals surface area (Å²) in [5.41, 5.74) is 7.07. The van der Waals surface area contributed by atoms with Crippen LogP contribution in [-0.4, -0.2) is 54.8 Å². The zero-order valence-corrected chi connectivity index (χ0v) is 16.6. The number of rotatable bonds is 5. The summed E-state index contributed by atoms with van der Waals surface area (Å²) < 4.78 is 5.02. The smallest absolute Gasteiger partial charge is 0.250 e. The molecule has 0 unspecified atom stereocenters. The van der Waals surface area contributed by atoms with Crippen molar-refractivity contribution in [2.75, 3.05) is 25.6 Å². The summed E-state index contributed by atoms with van der Waals surface area (Å²) in [6.07, 6.45) is -0.145. The van der Waals surface area contributed by atoms with Crippen molar-refractivity contribution in [3.63, 3.8) is 0 Å². The Balaban J connectivity index is 1.87. The minimum atomic E-state index is -1.41. The predicted octanol–water partition coefficient (Wildman–Crippen LogP) is -0.454. The predicted molar refractivity (Wildman–Crippen MR) is 103 cm³/mol. The molecule has 2 saturated heterocycles. The van der Waals surface area contributed by atoms with Gasteiger partial charge in [0.25, 0.3) is 0 Å². The van der Waals surface area contributed by atoms with E-state index in [1.165, 1.54) is 7.11 Å². The third-order valence-electron chi connectivity index (χ3n) is 6.20. The Morgan fingerprint density at radius 3 is 2.62 bits per heavy atom. The lowest BCUT2D eigenvalue weighted by Crippen LogP contribution is -2.53. The highest BCUT2D eigenvalue weighted by molar-refractivity contribution is 6.15. The fourth-order valence-electron chi connectivity index (χ4n) is 5.11. The van der Waals surface area contributed by atoms with E-state index in [1.54, 1.807) is 0 Å². The molecule has 0 saturated carbocycles. The Hall–Kier alpha value is -2.78. The van der Waals surface area contributed by atoms with Gasteiger partial charge in [-0.3, -0.25) is 29.4 Å². The number of nitrogens with one attached hydrogen (secondary N) is 2. The van der Waals surface area contributed by atoms with Crippen molar-refractivity contribution < 1.29 is 23.9 Å². The number of anilines is 1. The van der Waals surface area contributed by atoms with Crippen LogP contribution in [0.25, 0.3) is 0 Å². The largest absolute Gasteiger partial charge is 0.383 e. The molecule has 154 valence electrons. The molecule has 0 radical (unpaired) electrons.